The number of aromatic amines is 1. The maximum Gasteiger partial charge on any atom is 0.421 e. The Hall–Kier alpha value is -1.30. The van der Waals surface area contributed by atoms with Gasteiger partial charge in [0.1, 0.15) is 5.56 Å². The van der Waals surface area contributed by atoms with Crippen molar-refractivity contribution in [2.24, 2.45) is 0 Å². The van der Waals surface area contributed by atoms with E-state index in [9.17, 15) is 18.0 Å². The second kappa shape index (κ2) is 4.76. The Labute approximate surface area is 102 Å². The molecule has 1 aliphatic carbocycles. The Balaban J connectivity index is 2.38. The summed E-state index contributed by atoms with van der Waals surface area (Å²) >= 11 is 0. The molecular weight excluding hydrogens is 247 g/mol. The van der Waals surface area contributed by atoms with Gasteiger partial charge in [0, 0.05) is 19.2 Å². The summed E-state index contributed by atoms with van der Waals surface area (Å²) < 4.78 is 43.2. The molecule has 1 aromatic heterocycles. The van der Waals surface area contributed by atoms with E-state index >= 15 is 0 Å². The highest BCUT2D eigenvalue weighted by Crippen LogP contribution is 2.37. The molecule has 0 aromatic carbocycles. The number of halogens is 3. The molecule has 0 aliphatic heterocycles. The number of rotatable bonds is 2. The normalized spacial score (nSPS) is 24.4. The minimum absolute atomic E-state index is 0.0722. The Morgan fingerprint density at radius 3 is 2.72 bits per heavy atom. The molecule has 1 heterocycles. The van der Waals surface area contributed by atoms with E-state index in [4.69, 9.17) is 4.74 Å². The van der Waals surface area contributed by atoms with Crippen molar-refractivity contribution in [2.45, 2.75) is 37.5 Å². The third-order valence-electron chi connectivity index (χ3n) is 3.41. The molecule has 1 fully saturated rings. The van der Waals surface area contributed by atoms with E-state index in [2.05, 4.69) is 4.98 Å². The Morgan fingerprint density at radius 1 is 1.39 bits per heavy atom. The van der Waals surface area contributed by atoms with Crippen LogP contribution in [0.2, 0.25) is 0 Å². The third-order valence-corrected chi connectivity index (χ3v) is 3.41. The number of pyridine rings is 1. The van der Waals surface area contributed by atoms with Gasteiger partial charge in [-0.25, -0.2) is 0 Å². The van der Waals surface area contributed by atoms with Crippen LogP contribution in [-0.2, 0) is 10.9 Å². The lowest BCUT2D eigenvalue weighted by Crippen LogP contribution is -2.23. The van der Waals surface area contributed by atoms with Crippen molar-refractivity contribution >= 4 is 0 Å². The molecule has 0 spiro atoms. The number of nitrogens with one attached hydrogen (secondary N) is 1. The van der Waals surface area contributed by atoms with Crippen LogP contribution >= 0.6 is 0 Å². The minimum atomic E-state index is -4.62. The van der Waals surface area contributed by atoms with Gasteiger partial charge in [-0.1, -0.05) is 6.42 Å². The van der Waals surface area contributed by atoms with Crippen molar-refractivity contribution in [3.05, 3.63) is 33.7 Å². The summed E-state index contributed by atoms with van der Waals surface area (Å²) in [4.78, 5) is 13.3. The zero-order valence-corrected chi connectivity index (χ0v) is 9.88. The zero-order chi connectivity index (χ0) is 13.3. The van der Waals surface area contributed by atoms with Gasteiger partial charge >= 0.3 is 6.18 Å². The predicted molar refractivity (Wildman–Crippen MR) is 59.5 cm³/mol. The Bertz CT molecular complexity index is 481. The first-order valence-electron chi connectivity index (χ1n) is 5.76. The van der Waals surface area contributed by atoms with Crippen molar-refractivity contribution < 1.29 is 17.9 Å². The second-order valence-corrected chi connectivity index (χ2v) is 4.49. The standard InChI is InChI=1S/C12H14F3NO2/c1-18-10-4-2-3-8(10)7-5-9(12(13,14)15)11(17)16-6-7/h5-6,8,10H,2-4H2,1H3,(H,16,17). The molecule has 2 unspecified atom stereocenters. The smallest absolute Gasteiger partial charge is 0.381 e. The summed E-state index contributed by atoms with van der Waals surface area (Å²) in [5.74, 6) is -0.0760. The van der Waals surface area contributed by atoms with Gasteiger partial charge in [0.25, 0.3) is 5.56 Å². The quantitative estimate of drug-likeness (QED) is 0.889. The van der Waals surface area contributed by atoms with Crippen molar-refractivity contribution in [3.63, 3.8) is 0 Å². The van der Waals surface area contributed by atoms with Gasteiger partial charge in [-0.3, -0.25) is 4.79 Å². The van der Waals surface area contributed by atoms with Crippen molar-refractivity contribution in [1.29, 1.82) is 0 Å². The minimum Gasteiger partial charge on any atom is -0.381 e. The van der Waals surface area contributed by atoms with Crippen LogP contribution in [0.1, 0.15) is 36.3 Å². The fraction of sp³-hybridized carbons (Fsp3) is 0.583. The second-order valence-electron chi connectivity index (χ2n) is 4.49. The van der Waals surface area contributed by atoms with Gasteiger partial charge in [0.2, 0.25) is 0 Å². The van der Waals surface area contributed by atoms with Crippen LogP contribution < -0.4 is 5.56 Å². The molecule has 1 saturated carbocycles. The lowest BCUT2D eigenvalue weighted by Gasteiger charge is -2.19. The molecule has 1 aromatic rings. The number of methoxy groups -OCH3 is 1. The molecule has 18 heavy (non-hydrogen) atoms. The van der Waals surface area contributed by atoms with Crippen LogP contribution in [0.4, 0.5) is 13.2 Å². The molecule has 100 valence electrons. The van der Waals surface area contributed by atoms with Crippen LogP contribution in [-0.4, -0.2) is 18.2 Å². The summed E-state index contributed by atoms with van der Waals surface area (Å²) in [7, 11) is 1.55. The van der Waals surface area contributed by atoms with Gasteiger partial charge in [-0.15, -0.1) is 0 Å². The van der Waals surface area contributed by atoms with E-state index in [0.717, 1.165) is 25.3 Å². The number of ether oxygens (including phenoxy) is 1. The highest BCUT2D eigenvalue weighted by molar-refractivity contribution is 5.25. The van der Waals surface area contributed by atoms with Gasteiger partial charge in [0.15, 0.2) is 0 Å². The Kier molecular flexibility index (Phi) is 3.47. The number of hydrogen-bond donors (Lipinski definition) is 1. The molecule has 0 amide bonds. The lowest BCUT2D eigenvalue weighted by molar-refractivity contribution is -0.138. The first kappa shape index (κ1) is 13.1. The van der Waals surface area contributed by atoms with E-state index in [1.165, 1.54) is 6.20 Å². The maximum atomic E-state index is 12.6. The number of aromatic nitrogens is 1. The molecule has 2 rings (SSSR count). The Morgan fingerprint density at radius 2 is 2.11 bits per heavy atom. The van der Waals surface area contributed by atoms with Gasteiger partial charge in [0.05, 0.1) is 6.10 Å². The summed E-state index contributed by atoms with van der Waals surface area (Å²) in [6.07, 6.45) is -0.797. The average molecular weight is 261 g/mol. The van der Waals surface area contributed by atoms with E-state index in [1.807, 2.05) is 0 Å². The molecule has 1 aliphatic rings. The third kappa shape index (κ3) is 2.43. The average Bonchev–Trinajstić information content (AvgIpc) is 2.76. The highest BCUT2D eigenvalue weighted by Gasteiger charge is 2.36. The van der Waals surface area contributed by atoms with E-state index in [0.29, 0.717) is 5.56 Å². The van der Waals surface area contributed by atoms with Crippen LogP contribution in [0.3, 0.4) is 0 Å². The molecule has 2 atom stereocenters. The van der Waals surface area contributed by atoms with Crippen LogP contribution in [0.25, 0.3) is 0 Å². The highest BCUT2D eigenvalue weighted by atomic mass is 19.4. The molecule has 6 heteroatoms. The fourth-order valence-corrected chi connectivity index (χ4v) is 2.51. The van der Waals surface area contributed by atoms with E-state index in [-0.39, 0.29) is 12.0 Å². The molecule has 0 bridgehead atoms. The summed E-state index contributed by atoms with van der Waals surface area (Å²) in [6.45, 7) is 0. The summed E-state index contributed by atoms with van der Waals surface area (Å²) in [5, 5.41) is 0. The van der Waals surface area contributed by atoms with E-state index in [1.54, 1.807) is 7.11 Å². The molecule has 0 radical (unpaired) electrons. The summed E-state index contributed by atoms with van der Waals surface area (Å²) in [5.41, 5.74) is -1.74. The van der Waals surface area contributed by atoms with Gasteiger partial charge in [-0.2, -0.15) is 13.2 Å². The molecule has 1 N–H and O–H groups in total. The first-order valence-corrected chi connectivity index (χ1v) is 5.76. The maximum absolute atomic E-state index is 12.6. The van der Waals surface area contributed by atoms with Crippen LogP contribution in [0.5, 0.6) is 0 Å². The topological polar surface area (TPSA) is 42.1 Å². The molecule has 0 saturated heterocycles. The van der Waals surface area contributed by atoms with Crippen LogP contribution in [0, 0.1) is 0 Å². The zero-order valence-electron chi connectivity index (χ0n) is 9.88. The molecule has 3 nitrogen and oxygen atoms in total. The monoisotopic (exact) mass is 261 g/mol. The van der Waals surface area contributed by atoms with Crippen molar-refractivity contribution in [2.75, 3.05) is 7.11 Å². The van der Waals surface area contributed by atoms with Crippen molar-refractivity contribution in [1.82, 2.24) is 4.98 Å². The first-order chi connectivity index (χ1) is 8.43. The van der Waals surface area contributed by atoms with E-state index < -0.39 is 17.3 Å². The largest absolute Gasteiger partial charge is 0.421 e. The van der Waals surface area contributed by atoms with Gasteiger partial charge < -0.3 is 9.72 Å². The SMILES string of the molecule is COC1CCCC1c1c[nH]c(=O)c(C(F)(F)F)c1. The van der Waals surface area contributed by atoms with Crippen LogP contribution in [0.15, 0.2) is 17.1 Å². The lowest BCUT2D eigenvalue weighted by atomic mass is 9.96. The number of H-pyrrole nitrogens is 1. The number of hydrogen-bond acceptors (Lipinski definition) is 2. The van der Waals surface area contributed by atoms with Crippen molar-refractivity contribution in [3.8, 4) is 0 Å². The van der Waals surface area contributed by atoms with Gasteiger partial charge in [-0.05, 0) is 24.5 Å². The fourth-order valence-electron chi connectivity index (χ4n) is 2.51. The predicted octanol–water partition coefficient (Wildman–Crippen LogP) is 2.68. The summed E-state index contributed by atoms with van der Waals surface area (Å²) in [6, 6.07) is 0.945. The molecular formula is C12H14F3NO2. The number of alkyl halides is 3.